The number of Topliss-reactive ketones (excluding diaryl/α,β-unsaturated/α-hetero) is 1. The molecular weight excluding hydrogens is 354 g/mol. The van der Waals surface area contributed by atoms with Crippen molar-refractivity contribution in [3.63, 3.8) is 0 Å². The average Bonchev–Trinajstić information content (AvgIpc) is 2.70. The summed E-state index contributed by atoms with van der Waals surface area (Å²) >= 11 is 0. The highest BCUT2D eigenvalue weighted by Crippen LogP contribution is 2.20. The number of anilines is 3. The predicted octanol–water partition coefficient (Wildman–Crippen LogP) is 4.68. The number of benzene rings is 2. The highest BCUT2D eigenvalue weighted by Gasteiger charge is 2.09. The topological polar surface area (TPSA) is 80.3 Å². The van der Waals surface area contributed by atoms with Crippen LogP contribution in [0.3, 0.4) is 0 Å². The Hall–Kier alpha value is -3.67. The Labute approximate surface area is 163 Å². The van der Waals surface area contributed by atoms with E-state index in [1.54, 1.807) is 42.6 Å². The molecule has 2 aromatic carbocycles. The second kappa shape index (κ2) is 8.81. The van der Waals surface area contributed by atoms with Gasteiger partial charge in [-0.05, 0) is 74.5 Å². The second-order valence-corrected chi connectivity index (χ2v) is 6.10. The van der Waals surface area contributed by atoms with E-state index in [0.717, 1.165) is 17.1 Å². The van der Waals surface area contributed by atoms with Crippen molar-refractivity contribution in [1.82, 2.24) is 4.98 Å². The van der Waals surface area contributed by atoms with E-state index in [1.165, 1.54) is 6.92 Å². The Kier molecular flexibility index (Phi) is 6.01. The number of rotatable bonds is 7. The van der Waals surface area contributed by atoms with Crippen LogP contribution >= 0.6 is 0 Å². The number of nitrogens with zero attached hydrogens (tertiary/aromatic N) is 1. The molecule has 0 radical (unpaired) electrons. The normalized spacial score (nSPS) is 10.2. The average molecular weight is 375 g/mol. The standard InChI is InChI=1S/C22H21N3O3/c1-3-28-20-10-8-17(9-11-20)24-19-12-13-23-21(14-19)22(27)25-18-6-4-16(5-7-18)15(2)26/h4-14H,3H2,1-2H3,(H,23,24)(H,25,27). The minimum absolute atomic E-state index is 0.0207. The zero-order chi connectivity index (χ0) is 19.9. The maximum absolute atomic E-state index is 12.5. The Morgan fingerprint density at radius 1 is 0.929 bits per heavy atom. The summed E-state index contributed by atoms with van der Waals surface area (Å²) in [5.41, 5.74) is 3.10. The Bertz CT molecular complexity index is 967. The third-order valence-electron chi connectivity index (χ3n) is 4.00. The molecule has 0 fully saturated rings. The SMILES string of the molecule is CCOc1ccc(Nc2ccnc(C(=O)Nc3ccc(C(C)=O)cc3)c2)cc1. The van der Waals surface area contributed by atoms with Crippen LogP contribution in [0.4, 0.5) is 17.1 Å². The lowest BCUT2D eigenvalue weighted by Gasteiger charge is -2.10. The quantitative estimate of drug-likeness (QED) is 0.586. The van der Waals surface area contributed by atoms with Crippen LogP contribution in [0.15, 0.2) is 66.9 Å². The number of carbonyl (C=O) groups is 2. The molecule has 0 aliphatic carbocycles. The van der Waals surface area contributed by atoms with Crippen molar-refractivity contribution in [3.8, 4) is 5.75 Å². The van der Waals surface area contributed by atoms with Gasteiger partial charge in [-0.2, -0.15) is 0 Å². The minimum Gasteiger partial charge on any atom is -0.494 e. The summed E-state index contributed by atoms with van der Waals surface area (Å²) in [4.78, 5) is 27.9. The van der Waals surface area contributed by atoms with Crippen LogP contribution in [0.1, 0.15) is 34.7 Å². The van der Waals surface area contributed by atoms with Crippen molar-refractivity contribution >= 4 is 28.8 Å². The van der Waals surface area contributed by atoms with Gasteiger partial charge in [0.1, 0.15) is 11.4 Å². The number of aromatic nitrogens is 1. The number of hydrogen-bond acceptors (Lipinski definition) is 5. The van der Waals surface area contributed by atoms with E-state index in [1.807, 2.05) is 31.2 Å². The fourth-order valence-corrected chi connectivity index (χ4v) is 2.58. The Balaban J connectivity index is 1.67. The Morgan fingerprint density at radius 2 is 1.61 bits per heavy atom. The van der Waals surface area contributed by atoms with Crippen molar-refractivity contribution in [2.24, 2.45) is 0 Å². The van der Waals surface area contributed by atoms with Crippen LogP contribution in [0.2, 0.25) is 0 Å². The van der Waals surface area contributed by atoms with Gasteiger partial charge < -0.3 is 15.4 Å². The molecule has 142 valence electrons. The van der Waals surface area contributed by atoms with Gasteiger partial charge in [0.25, 0.3) is 5.91 Å². The van der Waals surface area contributed by atoms with E-state index in [2.05, 4.69) is 15.6 Å². The van der Waals surface area contributed by atoms with E-state index < -0.39 is 0 Å². The number of nitrogens with one attached hydrogen (secondary N) is 2. The molecule has 1 heterocycles. The van der Waals surface area contributed by atoms with Gasteiger partial charge in [-0.15, -0.1) is 0 Å². The highest BCUT2D eigenvalue weighted by atomic mass is 16.5. The van der Waals surface area contributed by atoms with Crippen LogP contribution < -0.4 is 15.4 Å². The third kappa shape index (κ3) is 4.94. The molecule has 0 saturated carbocycles. The summed E-state index contributed by atoms with van der Waals surface area (Å²) in [6, 6.07) is 17.8. The van der Waals surface area contributed by atoms with E-state index >= 15 is 0 Å². The lowest BCUT2D eigenvalue weighted by Crippen LogP contribution is -2.14. The van der Waals surface area contributed by atoms with E-state index in [9.17, 15) is 9.59 Å². The molecule has 0 bridgehead atoms. The monoisotopic (exact) mass is 375 g/mol. The molecule has 6 heteroatoms. The molecule has 6 nitrogen and oxygen atoms in total. The molecule has 28 heavy (non-hydrogen) atoms. The summed E-state index contributed by atoms with van der Waals surface area (Å²) in [6.07, 6.45) is 1.57. The van der Waals surface area contributed by atoms with Crippen LogP contribution in [-0.4, -0.2) is 23.3 Å². The lowest BCUT2D eigenvalue weighted by molar-refractivity contribution is 0.101. The third-order valence-corrected chi connectivity index (χ3v) is 4.00. The van der Waals surface area contributed by atoms with Crippen LogP contribution in [0.5, 0.6) is 5.75 Å². The number of amides is 1. The van der Waals surface area contributed by atoms with Gasteiger partial charge in [-0.25, -0.2) is 0 Å². The van der Waals surface area contributed by atoms with E-state index in [0.29, 0.717) is 17.9 Å². The van der Waals surface area contributed by atoms with Gasteiger partial charge in [0.15, 0.2) is 5.78 Å². The molecule has 0 saturated heterocycles. The lowest BCUT2D eigenvalue weighted by atomic mass is 10.1. The van der Waals surface area contributed by atoms with E-state index in [4.69, 9.17) is 4.74 Å². The first kappa shape index (κ1) is 19.1. The maximum atomic E-state index is 12.5. The number of pyridine rings is 1. The van der Waals surface area contributed by atoms with Gasteiger partial charge in [0, 0.05) is 28.8 Å². The van der Waals surface area contributed by atoms with Crippen LogP contribution in [-0.2, 0) is 0 Å². The molecule has 1 aromatic heterocycles. The molecule has 0 spiro atoms. The fraction of sp³-hybridized carbons (Fsp3) is 0.136. The van der Waals surface area contributed by atoms with Crippen LogP contribution in [0, 0.1) is 0 Å². The molecular formula is C22H21N3O3. The Morgan fingerprint density at radius 3 is 2.25 bits per heavy atom. The number of carbonyl (C=O) groups excluding carboxylic acids is 2. The summed E-state index contributed by atoms with van der Waals surface area (Å²) in [7, 11) is 0. The molecule has 0 aliphatic heterocycles. The highest BCUT2D eigenvalue weighted by molar-refractivity contribution is 6.03. The smallest absolute Gasteiger partial charge is 0.274 e. The summed E-state index contributed by atoms with van der Waals surface area (Å²) in [5.74, 6) is 0.456. The molecule has 2 N–H and O–H groups in total. The van der Waals surface area contributed by atoms with Gasteiger partial charge in [0.05, 0.1) is 6.61 Å². The summed E-state index contributed by atoms with van der Waals surface area (Å²) in [5, 5.41) is 6.02. The largest absolute Gasteiger partial charge is 0.494 e. The molecule has 0 atom stereocenters. The van der Waals surface area contributed by atoms with Crippen molar-refractivity contribution in [1.29, 1.82) is 0 Å². The maximum Gasteiger partial charge on any atom is 0.274 e. The predicted molar refractivity (Wildman–Crippen MR) is 110 cm³/mol. The van der Waals surface area contributed by atoms with Gasteiger partial charge in [0.2, 0.25) is 0 Å². The first-order chi connectivity index (χ1) is 13.5. The minimum atomic E-state index is -0.328. The molecule has 1 amide bonds. The van der Waals surface area contributed by atoms with Gasteiger partial charge in [-0.3, -0.25) is 14.6 Å². The van der Waals surface area contributed by atoms with Gasteiger partial charge in [-0.1, -0.05) is 0 Å². The van der Waals surface area contributed by atoms with Gasteiger partial charge >= 0.3 is 0 Å². The van der Waals surface area contributed by atoms with Crippen molar-refractivity contribution in [2.45, 2.75) is 13.8 Å². The summed E-state index contributed by atoms with van der Waals surface area (Å²) < 4.78 is 5.43. The van der Waals surface area contributed by atoms with Crippen molar-refractivity contribution in [3.05, 3.63) is 78.1 Å². The summed E-state index contributed by atoms with van der Waals surface area (Å²) in [6.45, 7) is 4.06. The number of ketones is 1. The van der Waals surface area contributed by atoms with Crippen molar-refractivity contribution in [2.75, 3.05) is 17.2 Å². The molecule has 0 unspecified atom stereocenters. The zero-order valence-electron chi connectivity index (χ0n) is 15.7. The number of hydrogen-bond donors (Lipinski definition) is 2. The van der Waals surface area contributed by atoms with E-state index in [-0.39, 0.29) is 17.4 Å². The first-order valence-electron chi connectivity index (χ1n) is 8.93. The molecule has 3 rings (SSSR count). The molecule has 0 aliphatic rings. The zero-order valence-corrected chi connectivity index (χ0v) is 15.7. The first-order valence-corrected chi connectivity index (χ1v) is 8.93. The second-order valence-electron chi connectivity index (χ2n) is 6.10. The fourth-order valence-electron chi connectivity index (χ4n) is 2.58. The van der Waals surface area contributed by atoms with Crippen LogP contribution in [0.25, 0.3) is 0 Å². The van der Waals surface area contributed by atoms with Crippen molar-refractivity contribution < 1.29 is 14.3 Å². The molecule has 3 aromatic rings. The number of ether oxygens (including phenoxy) is 1.